The molecule has 0 heterocycles. The van der Waals surface area contributed by atoms with Gasteiger partial charge in [-0.15, -0.1) is 0 Å². The average Bonchev–Trinajstić information content (AvgIpc) is 1.72. The Kier molecular flexibility index (Phi) is 27.4. The van der Waals surface area contributed by atoms with Gasteiger partial charge < -0.3 is 10.6 Å². The van der Waals surface area contributed by atoms with Gasteiger partial charge in [0.25, 0.3) is 0 Å². The normalized spacial score (nSPS) is 6.11. The SMILES string of the molecule is NN.NOCC(=O)O.O. The number of hydrogen-bond donors (Lipinski definition) is 4. The fourth-order valence-electron chi connectivity index (χ4n) is 0.0713. The maximum atomic E-state index is 9.39. The van der Waals surface area contributed by atoms with Gasteiger partial charge in [-0.25, -0.2) is 10.7 Å². The van der Waals surface area contributed by atoms with Gasteiger partial charge in [0.2, 0.25) is 0 Å². The van der Waals surface area contributed by atoms with E-state index in [2.05, 4.69) is 22.4 Å². The molecule has 0 aliphatic rings. The highest BCUT2D eigenvalue weighted by molar-refractivity contribution is 5.67. The van der Waals surface area contributed by atoms with Gasteiger partial charge in [-0.05, 0) is 0 Å². The molecule has 0 saturated heterocycles. The second kappa shape index (κ2) is 15.7. The molecule has 0 aliphatic heterocycles. The Balaban J connectivity index is -0.000000109. The van der Waals surface area contributed by atoms with E-state index >= 15 is 0 Å². The van der Waals surface area contributed by atoms with Crippen LogP contribution in [0.2, 0.25) is 0 Å². The van der Waals surface area contributed by atoms with E-state index in [-0.39, 0.29) is 5.48 Å². The number of hydrogen-bond acceptors (Lipinski definition) is 5. The Morgan fingerprint density at radius 3 is 1.89 bits per heavy atom. The van der Waals surface area contributed by atoms with E-state index in [1.807, 2.05) is 0 Å². The Bertz CT molecular complexity index is 57.8. The highest BCUT2D eigenvalue weighted by atomic mass is 16.6. The lowest BCUT2D eigenvalue weighted by atomic mass is 10.8. The van der Waals surface area contributed by atoms with Crippen molar-refractivity contribution in [2.45, 2.75) is 0 Å². The molecule has 9 heavy (non-hydrogen) atoms. The van der Waals surface area contributed by atoms with E-state index < -0.39 is 12.6 Å². The minimum atomic E-state index is -1.06. The second-order valence-electron chi connectivity index (χ2n) is 0.705. The molecule has 0 aromatic heterocycles. The summed E-state index contributed by atoms with van der Waals surface area (Å²) in [5, 5.41) is 7.71. The number of carboxylic acid groups (broad SMARTS) is 1. The van der Waals surface area contributed by atoms with Crippen LogP contribution in [0.25, 0.3) is 0 Å². The zero-order valence-electron chi connectivity index (χ0n) is 4.70. The predicted molar refractivity (Wildman–Crippen MR) is 29.8 cm³/mol. The smallest absolute Gasteiger partial charge is 0.331 e. The minimum absolute atomic E-state index is 0. The first kappa shape index (κ1) is 15.7. The summed E-state index contributed by atoms with van der Waals surface area (Å²) >= 11 is 0. The van der Waals surface area contributed by atoms with Crippen LogP contribution in [0.1, 0.15) is 0 Å². The third-order valence-corrected chi connectivity index (χ3v) is 0.207. The molecule has 0 aromatic rings. The van der Waals surface area contributed by atoms with Crippen LogP contribution in [0.5, 0.6) is 0 Å². The molecular formula is C2H11N3O4. The van der Waals surface area contributed by atoms with E-state index in [1.54, 1.807) is 0 Å². The average molecular weight is 141 g/mol. The maximum absolute atomic E-state index is 9.39. The Morgan fingerprint density at radius 1 is 1.56 bits per heavy atom. The first-order valence-electron chi connectivity index (χ1n) is 1.64. The second-order valence-corrected chi connectivity index (χ2v) is 0.705. The Hall–Kier alpha value is -0.730. The fraction of sp³-hybridized carbons (Fsp3) is 0.500. The van der Waals surface area contributed by atoms with Crippen molar-refractivity contribution in [3.8, 4) is 0 Å². The lowest BCUT2D eigenvalue weighted by Gasteiger charge is -1.83. The zero-order valence-corrected chi connectivity index (χ0v) is 4.70. The number of nitrogens with two attached hydrogens (primary N) is 3. The van der Waals surface area contributed by atoms with E-state index in [1.165, 1.54) is 0 Å². The van der Waals surface area contributed by atoms with Crippen LogP contribution < -0.4 is 17.6 Å². The van der Waals surface area contributed by atoms with Gasteiger partial charge in [0.05, 0.1) is 0 Å². The summed E-state index contributed by atoms with van der Waals surface area (Å²) in [5.74, 6) is 11.3. The maximum Gasteiger partial charge on any atom is 0.331 e. The molecule has 0 aliphatic carbocycles. The first-order chi connectivity index (χ1) is 3.77. The van der Waals surface area contributed by atoms with Crippen molar-refractivity contribution < 1.29 is 20.2 Å². The van der Waals surface area contributed by atoms with E-state index in [0.717, 1.165) is 0 Å². The number of rotatable bonds is 2. The van der Waals surface area contributed by atoms with Crippen molar-refractivity contribution in [3.05, 3.63) is 0 Å². The van der Waals surface area contributed by atoms with Gasteiger partial charge in [-0.2, -0.15) is 0 Å². The quantitative estimate of drug-likeness (QED) is 0.236. The third kappa shape index (κ3) is 39.2. The summed E-state index contributed by atoms with van der Waals surface area (Å²) in [4.78, 5) is 13.1. The summed E-state index contributed by atoms with van der Waals surface area (Å²) in [6, 6.07) is 0. The molecule has 58 valence electrons. The topological polar surface area (TPSA) is 156 Å². The molecule has 0 aromatic carbocycles. The van der Waals surface area contributed by atoms with Crippen molar-refractivity contribution in [2.75, 3.05) is 6.61 Å². The van der Waals surface area contributed by atoms with Crippen molar-refractivity contribution in [3.63, 3.8) is 0 Å². The lowest BCUT2D eigenvalue weighted by Crippen LogP contribution is -2.10. The number of carboxylic acids is 1. The van der Waals surface area contributed by atoms with Gasteiger partial charge >= 0.3 is 5.97 Å². The Morgan fingerprint density at radius 2 is 1.89 bits per heavy atom. The van der Waals surface area contributed by atoms with Gasteiger partial charge in [-0.1, -0.05) is 0 Å². The highest BCUT2D eigenvalue weighted by Gasteiger charge is 1.88. The summed E-state index contributed by atoms with van der Waals surface area (Å²) in [6.07, 6.45) is 0. The summed E-state index contributed by atoms with van der Waals surface area (Å²) < 4.78 is 0. The van der Waals surface area contributed by atoms with Gasteiger partial charge in [0.15, 0.2) is 6.61 Å². The van der Waals surface area contributed by atoms with Crippen molar-refractivity contribution in [1.82, 2.24) is 0 Å². The third-order valence-electron chi connectivity index (χ3n) is 0.207. The molecular weight excluding hydrogens is 130 g/mol. The molecule has 0 unspecified atom stereocenters. The monoisotopic (exact) mass is 141 g/mol. The molecule has 0 saturated carbocycles. The van der Waals surface area contributed by atoms with Crippen molar-refractivity contribution >= 4 is 5.97 Å². The molecule has 0 bridgehead atoms. The standard InChI is InChI=1S/C2H5NO3.H4N2.H2O/c3-6-1-2(4)5;1-2;/h1,3H2,(H,4,5);1-2H2;1H2. The van der Waals surface area contributed by atoms with Crippen LogP contribution >= 0.6 is 0 Å². The van der Waals surface area contributed by atoms with Gasteiger partial charge in [0.1, 0.15) is 0 Å². The van der Waals surface area contributed by atoms with Crippen LogP contribution in [-0.4, -0.2) is 23.2 Å². The fourth-order valence-corrected chi connectivity index (χ4v) is 0.0713. The molecule has 0 fully saturated rings. The molecule has 7 nitrogen and oxygen atoms in total. The predicted octanol–water partition coefficient (Wildman–Crippen LogP) is -3.04. The van der Waals surface area contributed by atoms with Gasteiger partial charge in [0, 0.05) is 0 Å². The van der Waals surface area contributed by atoms with Gasteiger partial charge in [-0.3, -0.25) is 16.5 Å². The zero-order chi connectivity index (χ0) is 6.99. The number of hydrazine groups is 1. The largest absolute Gasteiger partial charge is 0.479 e. The summed E-state index contributed by atoms with van der Waals surface area (Å²) in [7, 11) is 0. The van der Waals surface area contributed by atoms with Crippen LogP contribution in [0.4, 0.5) is 0 Å². The molecule has 7 heteroatoms. The molecule has 0 amide bonds. The van der Waals surface area contributed by atoms with Crippen LogP contribution in [0.15, 0.2) is 0 Å². The number of aliphatic carboxylic acids is 1. The summed E-state index contributed by atoms with van der Waals surface area (Å²) in [5.41, 5.74) is 0. The highest BCUT2D eigenvalue weighted by Crippen LogP contribution is 1.57. The van der Waals surface area contributed by atoms with E-state index in [0.29, 0.717) is 0 Å². The minimum Gasteiger partial charge on any atom is -0.479 e. The Labute approximate surface area is 51.6 Å². The lowest BCUT2D eigenvalue weighted by molar-refractivity contribution is -0.142. The van der Waals surface area contributed by atoms with Crippen LogP contribution in [0, 0.1) is 0 Å². The first-order valence-corrected chi connectivity index (χ1v) is 1.64. The molecule has 0 atom stereocenters. The van der Waals surface area contributed by atoms with Crippen molar-refractivity contribution in [2.24, 2.45) is 17.6 Å². The van der Waals surface area contributed by atoms with Crippen LogP contribution in [-0.2, 0) is 9.63 Å². The van der Waals surface area contributed by atoms with Crippen LogP contribution in [0.3, 0.4) is 0 Å². The number of carbonyl (C=O) groups is 1. The van der Waals surface area contributed by atoms with Crippen molar-refractivity contribution in [1.29, 1.82) is 0 Å². The van der Waals surface area contributed by atoms with E-state index in [9.17, 15) is 4.79 Å². The van der Waals surface area contributed by atoms with E-state index in [4.69, 9.17) is 5.11 Å². The summed E-state index contributed by atoms with van der Waals surface area (Å²) in [6.45, 7) is -0.431. The molecule has 0 spiro atoms. The molecule has 9 N–H and O–H groups in total. The molecule has 0 rings (SSSR count). The molecule has 0 radical (unpaired) electrons.